The van der Waals surface area contributed by atoms with Crippen molar-refractivity contribution in [3.63, 3.8) is 0 Å². The molecule has 0 aliphatic carbocycles. The van der Waals surface area contributed by atoms with E-state index in [2.05, 4.69) is 53.8 Å². The first kappa shape index (κ1) is 16.0. The summed E-state index contributed by atoms with van der Waals surface area (Å²) in [5.74, 6) is 1.23. The van der Waals surface area contributed by atoms with Crippen LogP contribution in [0.4, 0.5) is 0 Å². The predicted molar refractivity (Wildman–Crippen MR) is 87.8 cm³/mol. The van der Waals surface area contributed by atoms with Crippen LogP contribution in [-0.4, -0.2) is 10.1 Å². The van der Waals surface area contributed by atoms with E-state index in [0.717, 1.165) is 21.3 Å². The fourth-order valence-corrected chi connectivity index (χ4v) is 2.49. The second-order valence-electron chi connectivity index (χ2n) is 6.13. The molecule has 21 heavy (non-hydrogen) atoms. The van der Waals surface area contributed by atoms with Crippen LogP contribution in [0.15, 0.2) is 34.9 Å². The summed E-state index contributed by atoms with van der Waals surface area (Å²) in [4.78, 5) is 4.27. The van der Waals surface area contributed by atoms with Gasteiger partial charge >= 0.3 is 0 Å². The molecule has 0 fully saturated rings. The summed E-state index contributed by atoms with van der Waals surface area (Å²) in [6.45, 7) is 8.35. The molecule has 4 heteroatoms. The number of nitrogens with zero attached hydrogens (tertiary/aromatic N) is 1. The zero-order valence-electron chi connectivity index (χ0n) is 12.8. The SMILES string of the molecule is Cc1ccc(C(C)(C)C)c(Oc2ncc(Br)cc2CO)c1. The molecule has 0 aliphatic rings. The van der Waals surface area contributed by atoms with Gasteiger partial charge in [-0.05, 0) is 46.0 Å². The van der Waals surface area contributed by atoms with Gasteiger partial charge in [-0.15, -0.1) is 0 Å². The molecular weight excluding hydrogens is 330 g/mol. The normalized spacial score (nSPS) is 11.5. The standard InChI is InChI=1S/C17H20BrNO2/c1-11-5-6-14(17(2,3)4)15(7-11)21-16-12(10-20)8-13(18)9-19-16/h5-9,20H,10H2,1-4H3. The monoisotopic (exact) mass is 349 g/mol. The van der Waals surface area contributed by atoms with Crippen molar-refractivity contribution in [3.8, 4) is 11.6 Å². The van der Waals surface area contributed by atoms with E-state index in [1.54, 1.807) is 6.20 Å². The Hall–Kier alpha value is -1.39. The minimum atomic E-state index is -0.113. The molecular formula is C17H20BrNO2. The number of rotatable bonds is 3. The topological polar surface area (TPSA) is 42.4 Å². The van der Waals surface area contributed by atoms with Crippen LogP contribution in [0.2, 0.25) is 0 Å². The van der Waals surface area contributed by atoms with Crippen LogP contribution in [0, 0.1) is 6.92 Å². The number of halogens is 1. The molecule has 0 aliphatic heterocycles. The summed E-state index contributed by atoms with van der Waals surface area (Å²) in [6.07, 6.45) is 1.67. The highest BCUT2D eigenvalue weighted by atomic mass is 79.9. The Kier molecular flexibility index (Phi) is 4.69. The summed E-state index contributed by atoms with van der Waals surface area (Å²) in [5.41, 5.74) is 2.87. The highest BCUT2D eigenvalue weighted by Gasteiger charge is 2.20. The van der Waals surface area contributed by atoms with Crippen LogP contribution in [-0.2, 0) is 12.0 Å². The lowest BCUT2D eigenvalue weighted by molar-refractivity contribution is 0.274. The highest BCUT2D eigenvalue weighted by Crippen LogP contribution is 2.35. The molecule has 0 atom stereocenters. The summed E-state index contributed by atoms with van der Waals surface area (Å²) >= 11 is 3.35. The summed E-state index contributed by atoms with van der Waals surface area (Å²) in [7, 11) is 0. The molecule has 0 radical (unpaired) electrons. The van der Waals surface area contributed by atoms with Gasteiger partial charge < -0.3 is 9.84 Å². The number of hydrogen-bond donors (Lipinski definition) is 1. The lowest BCUT2D eigenvalue weighted by Crippen LogP contribution is -2.13. The Morgan fingerprint density at radius 2 is 1.95 bits per heavy atom. The zero-order chi connectivity index (χ0) is 15.6. The summed E-state index contributed by atoms with van der Waals surface area (Å²) < 4.78 is 6.82. The van der Waals surface area contributed by atoms with Crippen LogP contribution in [0.3, 0.4) is 0 Å². The van der Waals surface area contributed by atoms with Gasteiger partial charge in [0.15, 0.2) is 0 Å². The molecule has 1 aromatic heterocycles. The molecule has 0 bridgehead atoms. The Bertz CT molecular complexity index is 648. The van der Waals surface area contributed by atoms with E-state index >= 15 is 0 Å². The van der Waals surface area contributed by atoms with E-state index in [-0.39, 0.29) is 12.0 Å². The maximum atomic E-state index is 9.46. The fourth-order valence-electron chi connectivity index (χ4n) is 2.11. The van der Waals surface area contributed by atoms with Gasteiger partial charge in [0.05, 0.1) is 6.61 Å². The number of aliphatic hydroxyl groups excluding tert-OH is 1. The van der Waals surface area contributed by atoms with Crippen molar-refractivity contribution in [2.24, 2.45) is 0 Å². The van der Waals surface area contributed by atoms with E-state index < -0.39 is 0 Å². The first-order valence-electron chi connectivity index (χ1n) is 6.85. The minimum Gasteiger partial charge on any atom is -0.438 e. The maximum Gasteiger partial charge on any atom is 0.224 e. The second-order valence-corrected chi connectivity index (χ2v) is 7.04. The summed E-state index contributed by atoms with van der Waals surface area (Å²) in [6, 6.07) is 7.98. The number of pyridine rings is 1. The Morgan fingerprint density at radius 3 is 2.57 bits per heavy atom. The third kappa shape index (κ3) is 3.83. The Morgan fingerprint density at radius 1 is 1.24 bits per heavy atom. The Labute approximate surface area is 134 Å². The third-order valence-corrected chi connectivity index (χ3v) is 3.65. The molecule has 2 rings (SSSR count). The van der Waals surface area contributed by atoms with Crippen molar-refractivity contribution < 1.29 is 9.84 Å². The molecule has 0 spiro atoms. The first-order valence-corrected chi connectivity index (χ1v) is 7.65. The zero-order valence-corrected chi connectivity index (χ0v) is 14.4. The molecule has 3 nitrogen and oxygen atoms in total. The van der Waals surface area contributed by atoms with Gasteiger partial charge in [0.1, 0.15) is 5.75 Å². The number of aromatic nitrogens is 1. The van der Waals surface area contributed by atoms with Crippen LogP contribution < -0.4 is 4.74 Å². The van der Waals surface area contributed by atoms with Crippen molar-refractivity contribution in [1.82, 2.24) is 4.98 Å². The van der Waals surface area contributed by atoms with E-state index in [4.69, 9.17) is 4.74 Å². The van der Waals surface area contributed by atoms with Crippen LogP contribution in [0.25, 0.3) is 0 Å². The van der Waals surface area contributed by atoms with E-state index in [9.17, 15) is 5.11 Å². The van der Waals surface area contributed by atoms with E-state index in [1.165, 1.54) is 0 Å². The molecule has 0 saturated carbocycles. The quantitative estimate of drug-likeness (QED) is 0.870. The predicted octanol–water partition coefficient (Wildman–Crippen LogP) is 4.73. The summed E-state index contributed by atoms with van der Waals surface area (Å²) in [5, 5.41) is 9.46. The van der Waals surface area contributed by atoms with Gasteiger partial charge in [0.25, 0.3) is 0 Å². The van der Waals surface area contributed by atoms with Gasteiger partial charge in [-0.2, -0.15) is 0 Å². The largest absolute Gasteiger partial charge is 0.438 e. The van der Waals surface area contributed by atoms with Crippen molar-refractivity contribution in [3.05, 3.63) is 51.6 Å². The second kappa shape index (κ2) is 6.16. The molecule has 1 N–H and O–H groups in total. The van der Waals surface area contributed by atoms with Gasteiger partial charge in [-0.1, -0.05) is 32.9 Å². The molecule has 0 amide bonds. The van der Waals surface area contributed by atoms with Gasteiger partial charge in [-0.25, -0.2) is 4.98 Å². The maximum absolute atomic E-state index is 9.46. The highest BCUT2D eigenvalue weighted by molar-refractivity contribution is 9.10. The van der Waals surface area contributed by atoms with Gasteiger partial charge in [-0.3, -0.25) is 0 Å². The average molecular weight is 350 g/mol. The van der Waals surface area contributed by atoms with Crippen LogP contribution in [0.5, 0.6) is 11.6 Å². The number of hydrogen-bond acceptors (Lipinski definition) is 3. The van der Waals surface area contributed by atoms with Crippen molar-refractivity contribution in [2.45, 2.75) is 39.7 Å². The third-order valence-electron chi connectivity index (χ3n) is 3.21. The lowest BCUT2D eigenvalue weighted by atomic mass is 9.86. The Balaban J connectivity index is 2.46. The number of aliphatic hydroxyl groups is 1. The number of ether oxygens (including phenoxy) is 1. The van der Waals surface area contributed by atoms with Crippen molar-refractivity contribution >= 4 is 15.9 Å². The van der Waals surface area contributed by atoms with Gasteiger partial charge in [0.2, 0.25) is 5.88 Å². The van der Waals surface area contributed by atoms with Gasteiger partial charge in [0, 0.05) is 21.8 Å². The molecule has 112 valence electrons. The molecule has 1 heterocycles. The first-order chi connectivity index (χ1) is 9.81. The van der Waals surface area contributed by atoms with Crippen molar-refractivity contribution in [1.29, 1.82) is 0 Å². The molecule has 1 aromatic carbocycles. The van der Waals surface area contributed by atoms with E-state index in [1.807, 2.05) is 19.1 Å². The fraction of sp³-hybridized carbons (Fsp3) is 0.353. The minimum absolute atomic E-state index is 0.0300. The molecule has 2 aromatic rings. The number of aryl methyl sites for hydroxylation is 1. The number of benzene rings is 1. The van der Waals surface area contributed by atoms with Crippen LogP contribution in [0.1, 0.15) is 37.5 Å². The van der Waals surface area contributed by atoms with Crippen molar-refractivity contribution in [2.75, 3.05) is 0 Å². The molecule has 0 saturated heterocycles. The van der Waals surface area contributed by atoms with E-state index in [0.29, 0.717) is 11.4 Å². The smallest absolute Gasteiger partial charge is 0.224 e. The average Bonchev–Trinajstić information content (AvgIpc) is 2.39. The lowest BCUT2D eigenvalue weighted by Gasteiger charge is -2.23. The molecule has 0 unspecified atom stereocenters. The van der Waals surface area contributed by atoms with Crippen LogP contribution >= 0.6 is 15.9 Å².